The van der Waals surface area contributed by atoms with Gasteiger partial charge in [-0.25, -0.2) is 17.6 Å². The molecular weight excluding hydrogens is 413 g/mol. The second kappa shape index (κ2) is 10.1. The molecule has 1 aliphatic rings. The summed E-state index contributed by atoms with van der Waals surface area (Å²) in [6.45, 7) is 6.62. The van der Waals surface area contributed by atoms with E-state index in [9.17, 15) is 22.4 Å². The van der Waals surface area contributed by atoms with Gasteiger partial charge in [0.25, 0.3) is 0 Å². The van der Waals surface area contributed by atoms with E-state index in [1.807, 2.05) is 0 Å². The normalized spacial score (nSPS) is 16.9. The average Bonchev–Trinajstić information content (AvgIpc) is 2.67. The summed E-state index contributed by atoms with van der Waals surface area (Å²) in [7, 11) is -4.08. The van der Waals surface area contributed by atoms with Crippen LogP contribution in [0.4, 0.5) is 10.1 Å². The van der Waals surface area contributed by atoms with Crippen LogP contribution in [0.3, 0.4) is 0 Å². The Hall–Kier alpha value is -2.42. The molecule has 1 atom stereocenters. The number of benzene rings is 1. The molecule has 0 aliphatic heterocycles. The van der Waals surface area contributed by atoms with Crippen LogP contribution in [0.25, 0.3) is 0 Å². The van der Waals surface area contributed by atoms with Crippen LogP contribution in [-0.2, 0) is 35.7 Å². The van der Waals surface area contributed by atoms with Gasteiger partial charge < -0.3 is 9.47 Å². The zero-order chi connectivity index (χ0) is 22.5. The fraction of sp³-hybridized carbons (Fsp3) is 0.524. The van der Waals surface area contributed by atoms with Crippen LogP contribution in [0.1, 0.15) is 52.5 Å². The zero-order valence-electron chi connectivity index (χ0n) is 17.6. The Balaban J connectivity index is 2.15. The number of ether oxygens (including phenoxy) is 2. The molecule has 0 bridgehead atoms. The Kier molecular flexibility index (Phi) is 8.00. The smallest absolute Gasteiger partial charge is 0.335 e. The van der Waals surface area contributed by atoms with Gasteiger partial charge in [0, 0.05) is 0 Å². The van der Waals surface area contributed by atoms with Crippen molar-refractivity contribution in [3.05, 3.63) is 41.2 Å². The summed E-state index contributed by atoms with van der Waals surface area (Å²) in [6.07, 6.45) is 2.59. The van der Waals surface area contributed by atoms with Crippen molar-refractivity contribution in [2.75, 3.05) is 4.72 Å². The third kappa shape index (κ3) is 6.29. The highest BCUT2D eigenvalue weighted by atomic mass is 32.2. The number of hydrogen-bond acceptors (Lipinski definition) is 6. The third-order valence-electron chi connectivity index (χ3n) is 4.47. The monoisotopic (exact) mass is 441 g/mol. The molecule has 1 aliphatic carbocycles. The SMILES string of the molecule is CC(C)OC(=O)C1=CCCCC1S(=O)(=O)Nc1ccc(COC(=O)C(C)C)cc1F. The van der Waals surface area contributed by atoms with Crippen LogP contribution < -0.4 is 4.72 Å². The summed E-state index contributed by atoms with van der Waals surface area (Å²) in [5.74, 6) is -2.20. The fourth-order valence-electron chi connectivity index (χ4n) is 2.94. The van der Waals surface area contributed by atoms with Crippen LogP contribution >= 0.6 is 0 Å². The topological polar surface area (TPSA) is 98.8 Å². The molecule has 7 nitrogen and oxygen atoms in total. The highest BCUT2D eigenvalue weighted by molar-refractivity contribution is 7.93. The van der Waals surface area contributed by atoms with Crippen molar-refractivity contribution >= 4 is 27.6 Å². The minimum atomic E-state index is -4.08. The van der Waals surface area contributed by atoms with E-state index in [0.717, 1.165) is 6.07 Å². The van der Waals surface area contributed by atoms with Crippen LogP contribution in [0, 0.1) is 11.7 Å². The predicted octanol–water partition coefficient (Wildman–Crippen LogP) is 3.70. The Morgan fingerprint density at radius 3 is 2.53 bits per heavy atom. The maximum atomic E-state index is 14.5. The Bertz CT molecular complexity index is 923. The van der Waals surface area contributed by atoms with Gasteiger partial charge >= 0.3 is 11.9 Å². The number of carbonyl (C=O) groups is 2. The molecule has 0 aromatic heterocycles. The first-order chi connectivity index (χ1) is 14.0. The van der Waals surface area contributed by atoms with Crippen LogP contribution in [0.2, 0.25) is 0 Å². The van der Waals surface area contributed by atoms with Crippen molar-refractivity contribution in [2.45, 2.75) is 64.9 Å². The van der Waals surface area contributed by atoms with E-state index >= 15 is 0 Å². The molecule has 9 heteroatoms. The molecule has 0 saturated carbocycles. The first kappa shape index (κ1) is 23.9. The molecular formula is C21H28FNO6S. The zero-order valence-corrected chi connectivity index (χ0v) is 18.4. The lowest BCUT2D eigenvalue weighted by Gasteiger charge is -2.24. The molecule has 30 heavy (non-hydrogen) atoms. The highest BCUT2D eigenvalue weighted by Gasteiger charge is 2.36. The molecule has 1 unspecified atom stereocenters. The number of hydrogen-bond donors (Lipinski definition) is 1. The second-order valence-corrected chi connectivity index (χ2v) is 9.62. The van der Waals surface area contributed by atoms with Gasteiger partial charge in [-0.3, -0.25) is 9.52 Å². The van der Waals surface area contributed by atoms with E-state index in [1.54, 1.807) is 33.8 Å². The van der Waals surface area contributed by atoms with E-state index in [4.69, 9.17) is 9.47 Å². The molecule has 2 rings (SSSR count). The average molecular weight is 442 g/mol. The predicted molar refractivity (Wildman–Crippen MR) is 111 cm³/mol. The minimum absolute atomic E-state index is 0.0695. The summed E-state index contributed by atoms with van der Waals surface area (Å²) in [5.41, 5.74) is 0.222. The summed E-state index contributed by atoms with van der Waals surface area (Å²) in [4.78, 5) is 23.8. The van der Waals surface area contributed by atoms with E-state index in [1.165, 1.54) is 12.1 Å². The van der Waals surface area contributed by atoms with Gasteiger partial charge in [0.05, 0.1) is 23.3 Å². The van der Waals surface area contributed by atoms with Gasteiger partial charge in [-0.15, -0.1) is 0 Å². The highest BCUT2D eigenvalue weighted by Crippen LogP contribution is 2.28. The summed E-state index contributed by atoms with van der Waals surface area (Å²) in [6, 6.07) is 3.85. The minimum Gasteiger partial charge on any atom is -0.461 e. The lowest BCUT2D eigenvalue weighted by molar-refractivity contribution is -0.148. The van der Waals surface area contributed by atoms with Crippen molar-refractivity contribution in [3.8, 4) is 0 Å². The lowest BCUT2D eigenvalue weighted by atomic mass is 9.99. The number of halogens is 1. The van der Waals surface area contributed by atoms with Crippen molar-refractivity contribution in [1.82, 2.24) is 0 Å². The van der Waals surface area contributed by atoms with Crippen molar-refractivity contribution in [2.24, 2.45) is 5.92 Å². The first-order valence-corrected chi connectivity index (χ1v) is 11.4. The second-order valence-electron chi connectivity index (χ2n) is 7.76. The molecule has 1 N–H and O–H groups in total. The number of allylic oxidation sites excluding steroid dienone is 1. The van der Waals surface area contributed by atoms with E-state index in [-0.39, 0.29) is 36.3 Å². The fourth-order valence-corrected chi connectivity index (χ4v) is 4.56. The van der Waals surface area contributed by atoms with Crippen LogP contribution in [0.15, 0.2) is 29.8 Å². The molecule has 0 amide bonds. The van der Waals surface area contributed by atoms with Gasteiger partial charge in [0.2, 0.25) is 10.0 Å². The van der Waals surface area contributed by atoms with Gasteiger partial charge in [0.1, 0.15) is 17.7 Å². The number of carbonyl (C=O) groups excluding carboxylic acids is 2. The van der Waals surface area contributed by atoms with Gasteiger partial charge in [-0.2, -0.15) is 0 Å². The quantitative estimate of drug-likeness (QED) is 0.618. The standard InChI is InChI=1S/C21H28FNO6S/c1-13(2)20(24)28-12-15-9-10-18(17(22)11-15)23-30(26,27)19-8-6-5-7-16(19)21(25)29-14(3)4/h7,9-11,13-14,19,23H,5-6,8,12H2,1-4H3. The molecule has 0 saturated heterocycles. The largest absolute Gasteiger partial charge is 0.461 e. The van der Waals surface area contributed by atoms with E-state index in [2.05, 4.69) is 4.72 Å². The third-order valence-corrected chi connectivity index (χ3v) is 6.22. The van der Waals surface area contributed by atoms with Crippen LogP contribution in [0.5, 0.6) is 0 Å². The van der Waals surface area contributed by atoms with E-state index in [0.29, 0.717) is 18.4 Å². The van der Waals surface area contributed by atoms with Gasteiger partial charge in [0.15, 0.2) is 0 Å². The molecule has 1 aromatic rings. The number of anilines is 1. The Morgan fingerprint density at radius 2 is 1.93 bits per heavy atom. The first-order valence-electron chi connectivity index (χ1n) is 9.89. The lowest BCUT2D eigenvalue weighted by Crippen LogP contribution is -2.35. The number of nitrogens with one attached hydrogen (secondary N) is 1. The van der Waals surface area contributed by atoms with Crippen LogP contribution in [-0.4, -0.2) is 31.7 Å². The van der Waals surface area contributed by atoms with Crippen molar-refractivity contribution < 1.29 is 31.9 Å². The number of esters is 2. The molecule has 166 valence electrons. The molecule has 0 fully saturated rings. The Labute approximate surface area is 176 Å². The summed E-state index contributed by atoms with van der Waals surface area (Å²) >= 11 is 0. The number of rotatable bonds is 8. The van der Waals surface area contributed by atoms with Crippen molar-refractivity contribution in [3.63, 3.8) is 0 Å². The van der Waals surface area contributed by atoms with Crippen molar-refractivity contribution in [1.29, 1.82) is 0 Å². The van der Waals surface area contributed by atoms with E-state index < -0.39 is 33.0 Å². The molecule has 0 spiro atoms. The Morgan fingerprint density at radius 1 is 1.23 bits per heavy atom. The number of sulfonamides is 1. The van der Waals surface area contributed by atoms with Gasteiger partial charge in [-0.1, -0.05) is 26.0 Å². The van der Waals surface area contributed by atoms with Gasteiger partial charge in [-0.05, 0) is 50.8 Å². The summed E-state index contributed by atoms with van der Waals surface area (Å²) in [5, 5.41) is -1.12. The maximum Gasteiger partial charge on any atom is 0.335 e. The molecule has 0 heterocycles. The maximum absolute atomic E-state index is 14.5. The molecule has 0 radical (unpaired) electrons. The molecule has 1 aromatic carbocycles. The summed E-state index contributed by atoms with van der Waals surface area (Å²) < 4.78 is 52.7.